The van der Waals surface area contributed by atoms with Gasteiger partial charge in [0.1, 0.15) is 5.82 Å². The van der Waals surface area contributed by atoms with E-state index in [1.807, 2.05) is 101 Å². The van der Waals surface area contributed by atoms with Crippen molar-refractivity contribution in [2.45, 2.75) is 78.6 Å². The quantitative estimate of drug-likeness (QED) is 0.0471. The molecule has 0 saturated heterocycles. The molecule has 0 aliphatic heterocycles. The van der Waals surface area contributed by atoms with Crippen LogP contribution in [0.15, 0.2) is 309 Å². The molecule has 12 aromatic carbocycles. The molecule has 0 unspecified atom stereocenters. The summed E-state index contributed by atoms with van der Waals surface area (Å²) < 4.78 is 308. The third-order valence-electron chi connectivity index (χ3n) is 17.6. The fraction of sp³-hybridized carbons (Fsp3) is 0.133. The molecule has 15 aromatic rings. The summed E-state index contributed by atoms with van der Waals surface area (Å²) in [6.45, 7) is 18.5. The van der Waals surface area contributed by atoms with Gasteiger partial charge in [0.15, 0.2) is 16.1 Å². The maximum atomic E-state index is 10.4. The van der Waals surface area contributed by atoms with Gasteiger partial charge in [-0.3, -0.25) is 4.57 Å². The van der Waals surface area contributed by atoms with Crippen molar-refractivity contribution in [2.24, 2.45) is 0 Å². The van der Waals surface area contributed by atoms with Crippen LogP contribution in [-0.2, 0) is 37.3 Å². The molecule has 0 aliphatic carbocycles. The number of hydrogen-bond acceptors (Lipinski definition) is 2. The van der Waals surface area contributed by atoms with Gasteiger partial charge in [0.25, 0.3) is 6.33 Å². The SMILES string of the molecule is [2H]c1c([2H])c([2H])c([Si](c2cccc([Si](c3c([2H])c([2H])c([2H])c([2H])c3[2H])(c3c([2H])c([2H])c([2H])c([2H])c3[2H])c3c([2H])c([2H])c([2H])c([2H])c3[2H])c2-[n+]2[c-]n(-c3[c-]c(Oc4[c-]c5c(cc4)c4ccccc4n5-c4cc(C(C)(C)C)ccn4)ccc3)c3cc(-c4cc(C(C)(C)C)cc(C(C)(C)C)c4)ccc32)(c2c([2H])c([2H])c([2H])c([2H])c2[2H])c2c([2H])c([2H])c([2H])c([2H])c2[2H])c([2H])c1[2H].[Pt]. The first-order valence-electron chi connectivity index (χ1n) is 46.3. The van der Waals surface area contributed by atoms with Crippen molar-refractivity contribution in [2.75, 3.05) is 0 Å². The molecule has 3 aromatic heterocycles. The Balaban J connectivity index is 0.0000133. The summed E-state index contributed by atoms with van der Waals surface area (Å²) in [5, 5.41) is -6.57. The van der Waals surface area contributed by atoms with Gasteiger partial charge in [-0.05, 0) is 121 Å². The van der Waals surface area contributed by atoms with Gasteiger partial charge in [0.05, 0.1) is 57.8 Å². The number of imidazole rings is 1. The number of benzene rings is 12. The summed E-state index contributed by atoms with van der Waals surface area (Å²) in [6.07, 6.45) is 5.16. The van der Waals surface area contributed by atoms with Crippen molar-refractivity contribution in [1.82, 2.24) is 14.1 Å². The summed E-state index contributed by atoms with van der Waals surface area (Å²) >= 11 is 0. The number of hydrogen-bond donors (Lipinski definition) is 0. The topological polar surface area (TPSA) is 35.9 Å². The molecular formula is C90H78N4OPtSi2-2. The number of para-hydroxylation sites is 2. The summed E-state index contributed by atoms with van der Waals surface area (Å²) in [7, 11) is -13.6. The second kappa shape index (κ2) is 26.1. The van der Waals surface area contributed by atoms with E-state index in [0.29, 0.717) is 22.5 Å². The Kier molecular flexibility index (Phi) is 10.3. The van der Waals surface area contributed by atoms with Gasteiger partial charge in [-0.1, -0.05) is 316 Å². The summed E-state index contributed by atoms with van der Waals surface area (Å²) in [6, 6.07) is 4.63. The molecule has 0 saturated carbocycles. The number of aromatic nitrogens is 4. The van der Waals surface area contributed by atoms with Crippen LogP contribution in [0.2, 0.25) is 0 Å². The van der Waals surface area contributed by atoms with Crippen LogP contribution in [0.5, 0.6) is 11.5 Å². The first kappa shape index (κ1) is 38.8. The van der Waals surface area contributed by atoms with Crippen LogP contribution in [-0.4, -0.2) is 30.3 Å². The van der Waals surface area contributed by atoms with Crippen molar-refractivity contribution in [3.63, 3.8) is 0 Å². The zero-order chi connectivity index (χ0) is 92.8. The Bertz CT molecular complexity index is 6520. The van der Waals surface area contributed by atoms with E-state index in [4.69, 9.17) is 9.72 Å². The molecule has 15 rings (SSSR count). The molecule has 0 fully saturated rings. The average molecular weight is 1510 g/mol. The standard InChI is InChI=1S/C90H78N4OSi2.Pt/c1-88(2,3)66-54-55-91-86(60-66)94-80-47-29-28-46-78(80)79-52-51-71(62-82(79)94)95-70-33-30-32-69(61-70)92-63-93(81-53-50-64(58-83(81)92)65-56-67(89(4,5)6)59-68(57-65)90(7,8)9)87-84(96(72-34-16-10-17-35-72,73-36-18-11-19-37-73)74-38-20-12-21-39-74)48-31-49-85(87)97(75-40-22-13-23-41-75,76-42-24-14-25-43-76)77-44-26-15-27-45-77;/h10-60H,1-9H3;/q-2;/i10D,11D,12D,13D,14D,15D,16D,17D,18D,19D,20D,21D,22D,23D,24D,25D,26D,27D,34D,35D,36D,37D,38D,39D,40D,41D,42D,43D,44D,45D;. The Morgan fingerprint density at radius 2 is 0.888 bits per heavy atom. The van der Waals surface area contributed by atoms with Crippen LogP contribution in [0.25, 0.3) is 61.2 Å². The van der Waals surface area contributed by atoms with Gasteiger partial charge < -0.3 is 13.9 Å². The fourth-order valence-electron chi connectivity index (χ4n) is 12.8. The van der Waals surface area contributed by atoms with Crippen LogP contribution in [0.1, 0.15) is 120 Å². The first-order valence-corrected chi connectivity index (χ1v) is 35.3. The van der Waals surface area contributed by atoms with Crippen molar-refractivity contribution in [3.8, 4) is 39.8 Å². The number of rotatable bonds is 14. The largest absolute Gasteiger partial charge is 0.510 e. The van der Waals surface area contributed by atoms with E-state index in [9.17, 15) is 41.1 Å². The van der Waals surface area contributed by atoms with E-state index >= 15 is 0 Å². The van der Waals surface area contributed by atoms with E-state index in [2.05, 4.69) is 45.3 Å². The summed E-state index contributed by atoms with van der Waals surface area (Å²) in [4.78, 5) is 4.85. The van der Waals surface area contributed by atoms with E-state index < -0.39 is 255 Å². The van der Waals surface area contributed by atoms with Gasteiger partial charge in [-0.25, -0.2) is 4.98 Å². The van der Waals surface area contributed by atoms with Crippen molar-refractivity contribution in [3.05, 3.63) is 344 Å². The molecule has 0 atom stereocenters. The molecule has 0 bridgehead atoms. The van der Waals surface area contributed by atoms with Crippen molar-refractivity contribution in [1.29, 1.82) is 0 Å². The number of ether oxygens (including phenoxy) is 1. The molecule has 0 radical (unpaired) electrons. The van der Waals surface area contributed by atoms with Gasteiger partial charge in [0, 0.05) is 44.3 Å². The Hall–Kier alpha value is -10.0. The molecule has 484 valence electrons. The predicted molar refractivity (Wildman–Crippen MR) is 409 cm³/mol. The monoisotopic (exact) mass is 1510 g/mol. The third-order valence-corrected chi connectivity index (χ3v) is 26.0. The van der Waals surface area contributed by atoms with Gasteiger partial charge in [-0.2, -0.15) is 18.2 Å². The van der Waals surface area contributed by atoms with E-state index in [1.54, 1.807) is 42.6 Å². The van der Waals surface area contributed by atoms with Crippen LogP contribution >= 0.6 is 0 Å². The maximum Gasteiger partial charge on any atom is 0.268 e. The average Bonchev–Trinajstić information content (AvgIpc) is 0.847. The Morgan fingerprint density at radius 3 is 1.38 bits per heavy atom. The minimum absolute atomic E-state index is 0. The normalized spacial score (nSPS) is 16.5. The van der Waals surface area contributed by atoms with Crippen molar-refractivity contribution >= 4 is 90.5 Å². The molecular weight excluding hydrogens is 1400 g/mol. The Labute approximate surface area is 635 Å². The molecule has 0 amide bonds. The molecule has 5 nitrogen and oxygen atoms in total. The fourth-order valence-corrected chi connectivity index (χ4v) is 20.9. The van der Waals surface area contributed by atoms with E-state index in [1.165, 1.54) is 10.6 Å². The smallest absolute Gasteiger partial charge is 0.268 e. The maximum absolute atomic E-state index is 10.4. The number of fused-ring (bicyclic) bond motifs is 4. The molecule has 8 heteroatoms. The van der Waals surface area contributed by atoms with Gasteiger partial charge in [0.2, 0.25) is 0 Å². The third kappa shape index (κ3) is 11.6. The van der Waals surface area contributed by atoms with Crippen molar-refractivity contribution < 1.29 is 71.5 Å². The molecule has 0 aliphatic rings. The molecule has 0 spiro atoms. The second-order valence-electron chi connectivity index (χ2n) is 26.6. The number of pyridine rings is 1. The second-order valence-corrected chi connectivity index (χ2v) is 33.6. The van der Waals surface area contributed by atoms with E-state index in [0.717, 1.165) is 55.7 Å². The zero-order valence-corrected chi connectivity index (χ0v) is 58.9. The van der Waals surface area contributed by atoms with Gasteiger partial charge >= 0.3 is 0 Å². The Morgan fingerprint density at radius 1 is 0.418 bits per heavy atom. The summed E-state index contributed by atoms with van der Waals surface area (Å²) in [5.74, 6) is 0.740. The van der Waals surface area contributed by atoms with E-state index in [-0.39, 0.29) is 54.7 Å². The number of nitrogens with zero attached hydrogens (tertiary/aromatic N) is 4. The minimum Gasteiger partial charge on any atom is -0.510 e. The van der Waals surface area contributed by atoms with Gasteiger partial charge in [-0.15, -0.1) is 29.7 Å². The first-order chi connectivity index (χ1) is 59.4. The van der Waals surface area contributed by atoms with Crippen LogP contribution < -0.4 is 50.8 Å². The minimum atomic E-state index is -6.78. The van der Waals surface area contributed by atoms with Crippen LogP contribution in [0.3, 0.4) is 0 Å². The summed E-state index contributed by atoms with van der Waals surface area (Å²) in [5.41, 5.74) is 2.97. The zero-order valence-electron chi connectivity index (χ0n) is 84.6. The molecule has 3 heterocycles. The van der Waals surface area contributed by atoms with Crippen LogP contribution in [0, 0.1) is 18.5 Å². The molecule has 0 N–H and O–H groups in total. The van der Waals surface area contributed by atoms with Crippen LogP contribution in [0.4, 0.5) is 0 Å². The predicted octanol–water partition coefficient (Wildman–Crippen LogP) is 15.9. The molecule has 98 heavy (non-hydrogen) atoms.